The van der Waals surface area contributed by atoms with E-state index in [0.29, 0.717) is 0 Å². The van der Waals surface area contributed by atoms with Gasteiger partial charge in [-0.25, -0.2) is 0 Å². The van der Waals surface area contributed by atoms with Crippen molar-refractivity contribution in [3.63, 3.8) is 0 Å². The van der Waals surface area contributed by atoms with Crippen LogP contribution in [0.25, 0.3) is 0 Å². The lowest BCUT2D eigenvalue weighted by atomic mass is 10.1. The Morgan fingerprint density at radius 1 is 1.60 bits per heavy atom. The minimum Gasteiger partial charge on any atom is -0.454 e. The fraction of sp³-hybridized carbons (Fsp3) is 0.500. The lowest BCUT2D eigenvalue weighted by Gasteiger charge is -2.12. The molecule has 1 N–H and O–H groups in total. The zero-order valence-electron chi connectivity index (χ0n) is 16.5. The van der Waals surface area contributed by atoms with Crippen molar-refractivity contribution in [1.29, 1.82) is 0 Å². The molecule has 1 aliphatic heterocycles. The molecule has 0 aromatic heterocycles. The van der Waals surface area contributed by atoms with E-state index in [1.165, 1.54) is 0 Å². The molecule has 82 valence electrons. The number of rotatable bonds is 4. The van der Waals surface area contributed by atoms with Crippen LogP contribution in [0.5, 0.6) is 11.5 Å². The van der Waals surface area contributed by atoms with Crippen molar-refractivity contribution in [2.75, 3.05) is 13.3 Å². The zero-order chi connectivity index (χ0) is 17.8. The molecule has 0 saturated carbocycles. The van der Waals surface area contributed by atoms with Crippen LogP contribution in [-0.4, -0.2) is 19.3 Å². The van der Waals surface area contributed by atoms with Crippen molar-refractivity contribution in [3.05, 3.63) is 23.7 Å². The maximum Gasteiger partial charge on any atom is 0.231 e. The minimum absolute atomic E-state index is 0.0926. The topological polar surface area (TPSA) is 30.5 Å². The third-order valence-electron chi connectivity index (χ3n) is 1.78. The van der Waals surface area contributed by atoms with Crippen molar-refractivity contribution in [1.82, 2.24) is 5.32 Å². The maximum atomic E-state index is 8.22. The maximum absolute atomic E-state index is 8.22. The smallest absolute Gasteiger partial charge is 0.231 e. The first-order valence-electron chi connectivity index (χ1n) is 8.49. The summed E-state index contributed by atoms with van der Waals surface area (Å²) >= 11 is 0. The van der Waals surface area contributed by atoms with E-state index in [9.17, 15) is 0 Å². The molecule has 15 heavy (non-hydrogen) atoms. The molecule has 0 amide bonds. The van der Waals surface area contributed by atoms with E-state index < -0.39 is 42.6 Å². The number of ether oxygens (including phenoxy) is 2. The van der Waals surface area contributed by atoms with Gasteiger partial charge in [-0.3, -0.25) is 0 Å². The van der Waals surface area contributed by atoms with Crippen LogP contribution < -0.4 is 14.8 Å². The van der Waals surface area contributed by atoms with Gasteiger partial charge in [-0.05, 0) is 37.4 Å². The van der Waals surface area contributed by atoms with Crippen molar-refractivity contribution in [2.45, 2.75) is 26.2 Å². The molecule has 2 rings (SSSR count). The first-order chi connectivity index (χ1) is 10.3. The van der Waals surface area contributed by atoms with Gasteiger partial charge in [0.05, 0.1) is 4.11 Å². The fourth-order valence-electron chi connectivity index (χ4n) is 1.20. The van der Waals surface area contributed by atoms with E-state index in [2.05, 4.69) is 5.32 Å². The van der Waals surface area contributed by atoms with Gasteiger partial charge in [0.2, 0.25) is 6.79 Å². The van der Waals surface area contributed by atoms with Crippen LogP contribution in [0.2, 0.25) is 0 Å². The highest BCUT2D eigenvalue weighted by Gasteiger charge is 2.13. The highest BCUT2D eigenvalue weighted by molar-refractivity contribution is 5.44. The Morgan fingerprint density at radius 3 is 3.20 bits per heavy atom. The summed E-state index contributed by atoms with van der Waals surface area (Å²) in [4.78, 5) is 0. The Morgan fingerprint density at radius 2 is 2.40 bits per heavy atom. The highest BCUT2D eigenvalue weighted by Crippen LogP contribution is 2.32. The van der Waals surface area contributed by atoms with Crippen LogP contribution in [0, 0.1) is 0 Å². The van der Waals surface area contributed by atoms with Gasteiger partial charge in [0, 0.05) is 12.9 Å². The van der Waals surface area contributed by atoms with Crippen LogP contribution >= 0.6 is 0 Å². The number of hydrogen-bond donors (Lipinski definition) is 1. The predicted molar refractivity (Wildman–Crippen MR) is 59.4 cm³/mol. The molecule has 3 nitrogen and oxygen atoms in total. The second kappa shape index (κ2) is 4.53. The van der Waals surface area contributed by atoms with Gasteiger partial charge in [0.1, 0.15) is 0 Å². The number of benzene rings is 1. The Hall–Kier alpha value is -1.22. The number of fused-ring (bicyclic) bond motifs is 1. The highest BCUT2D eigenvalue weighted by atomic mass is 16.7. The average molecular weight is 215 g/mol. The molecular formula is C12H17NO2. The second-order valence-electron chi connectivity index (χ2n) is 2.94. The lowest BCUT2D eigenvalue weighted by molar-refractivity contribution is 0.174. The van der Waals surface area contributed by atoms with E-state index in [0.717, 1.165) is 13.8 Å². The molecule has 1 atom stereocenters. The van der Waals surface area contributed by atoms with Gasteiger partial charge in [-0.15, -0.1) is 0 Å². The molecule has 0 unspecified atom stereocenters. The van der Waals surface area contributed by atoms with Gasteiger partial charge >= 0.3 is 0 Å². The number of hydrogen-bond acceptors (Lipinski definition) is 3. The van der Waals surface area contributed by atoms with Gasteiger partial charge in [0.25, 0.3) is 0 Å². The van der Waals surface area contributed by atoms with Crippen LogP contribution in [0.1, 0.15) is 30.4 Å². The van der Waals surface area contributed by atoms with Gasteiger partial charge < -0.3 is 14.8 Å². The third kappa shape index (κ3) is 2.42. The van der Waals surface area contributed by atoms with Crippen LogP contribution in [0.15, 0.2) is 18.1 Å². The molecule has 0 bridgehead atoms. The molecule has 0 saturated heterocycles. The largest absolute Gasteiger partial charge is 0.454 e. The fourth-order valence-corrected chi connectivity index (χ4v) is 1.20. The van der Waals surface area contributed by atoms with Gasteiger partial charge in [-0.1, -0.05) is 13.0 Å². The van der Waals surface area contributed by atoms with Crippen molar-refractivity contribution in [2.24, 2.45) is 0 Å². The van der Waals surface area contributed by atoms with Crippen molar-refractivity contribution in [3.8, 4) is 11.5 Å². The number of nitrogens with one attached hydrogen (secondary N) is 1. The van der Waals surface area contributed by atoms with Crippen LogP contribution in [0.4, 0.5) is 0 Å². The molecule has 1 aromatic carbocycles. The average Bonchev–Trinajstić information content (AvgIpc) is 2.82. The summed E-state index contributed by atoms with van der Waals surface area (Å²) < 4.78 is 73.6. The summed E-state index contributed by atoms with van der Waals surface area (Å²) in [5.41, 5.74) is -0.513. The van der Waals surface area contributed by atoms with Crippen molar-refractivity contribution < 1.29 is 20.4 Å². The molecule has 0 radical (unpaired) electrons. The van der Waals surface area contributed by atoms with Crippen molar-refractivity contribution >= 4 is 0 Å². The zero-order valence-corrected chi connectivity index (χ0v) is 8.52. The lowest BCUT2D eigenvalue weighted by Crippen LogP contribution is -2.27. The molecule has 0 fully saturated rings. The quantitative estimate of drug-likeness (QED) is 0.833. The SMILES string of the molecule is [2H]c1c([2H])c(C([2H])([2H])[C@@]([2H])(C)NC([2H])([2H])C)c([2H])c2c1OCO2. The second-order valence-corrected chi connectivity index (χ2v) is 2.94. The summed E-state index contributed by atoms with van der Waals surface area (Å²) in [7, 11) is 0. The summed E-state index contributed by atoms with van der Waals surface area (Å²) in [5.74, 6) is -0.231. The summed E-state index contributed by atoms with van der Waals surface area (Å²) in [5, 5.41) is 2.20. The van der Waals surface area contributed by atoms with Gasteiger partial charge in [0.15, 0.2) is 11.5 Å². The Kier molecular flexibility index (Phi) is 1.31. The summed E-state index contributed by atoms with van der Waals surface area (Å²) in [6.45, 7) is -0.0304. The summed E-state index contributed by atoms with van der Waals surface area (Å²) in [6, 6.07) is -3.68. The van der Waals surface area contributed by atoms with Crippen LogP contribution in [-0.2, 0) is 6.37 Å². The first-order valence-corrected chi connectivity index (χ1v) is 4.49. The monoisotopic (exact) mass is 215 g/mol. The molecule has 1 aromatic rings. The molecule has 0 aliphatic carbocycles. The Labute approximate surface area is 102 Å². The van der Waals surface area contributed by atoms with Gasteiger partial charge in [-0.2, -0.15) is 0 Å². The molecule has 1 aliphatic rings. The predicted octanol–water partition coefficient (Wildman–Crippen LogP) is 1.96. The Bertz CT molecular complexity index is 641. The van der Waals surface area contributed by atoms with E-state index >= 15 is 0 Å². The standard InChI is InChI=1S/C12H17NO2/c1-3-13-9(2)6-10-4-5-11-12(7-10)15-8-14-11/h4-5,7,9,13H,3,6,8H2,1-2H3/t9-/m1/s1/i3D2,4D,5D,6D2,7D,9D. The van der Waals surface area contributed by atoms with E-state index in [1.54, 1.807) is 0 Å². The minimum atomic E-state index is -2.64. The molecule has 0 spiro atoms. The van der Waals surface area contributed by atoms with Crippen LogP contribution in [0.3, 0.4) is 0 Å². The van der Waals surface area contributed by atoms with E-state index in [1.807, 2.05) is 0 Å². The normalized spacial score (nSPS) is 27.1. The van der Waals surface area contributed by atoms with E-state index in [-0.39, 0.29) is 18.3 Å². The molecule has 3 heteroatoms. The molecular weight excluding hydrogens is 190 g/mol. The first kappa shape index (κ1) is 4.34. The molecule has 1 heterocycles. The third-order valence-corrected chi connectivity index (χ3v) is 1.78. The number of likely N-dealkylation sites (N-methyl/N-ethyl adjacent to an activating group) is 1. The Balaban J connectivity index is 2.63. The van der Waals surface area contributed by atoms with E-state index in [4.69, 9.17) is 20.4 Å². The summed E-state index contributed by atoms with van der Waals surface area (Å²) in [6.07, 6.45) is -2.64.